The molecule has 0 saturated carbocycles. The van der Waals surface area contributed by atoms with E-state index in [1.807, 2.05) is 58.9 Å². The summed E-state index contributed by atoms with van der Waals surface area (Å²) in [7, 11) is 1.12. The van der Waals surface area contributed by atoms with Gasteiger partial charge in [0.1, 0.15) is 29.4 Å². The van der Waals surface area contributed by atoms with E-state index in [1.165, 1.54) is 0 Å². The number of fused-ring (bicyclic) bond motifs is 1. The molecule has 0 N–H and O–H groups in total. The summed E-state index contributed by atoms with van der Waals surface area (Å²) in [5, 5.41) is 0.935. The van der Waals surface area contributed by atoms with E-state index in [9.17, 15) is 4.79 Å². The lowest BCUT2D eigenvalue weighted by molar-refractivity contribution is -0.142. The van der Waals surface area contributed by atoms with Gasteiger partial charge in [-0.05, 0) is 59.1 Å². The van der Waals surface area contributed by atoms with Gasteiger partial charge < -0.3 is 27.9 Å². The van der Waals surface area contributed by atoms with Crippen LogP contribution in [0.3, 0.4) is 0 Å². The van der Waals surface area contributed by atoms with Gasteiger partial charge in [-0.15, -0.1) is 0 Å². The van der Waals surface area contributed by atoms with Crippen molar-refractivity contribution in [2.24, 2.45) is 0 Å². The molecule has 0 aliphatic carbocycles. The second-order valence-corrected chi connectivity index (χ2v) is 9.72. The molecule has 0 bridgehead atoms. The molecule has 186 valence electrons. The first-order chi connectivity index (χ1) is 16.5. The SMILES string of the molecule is CCOC(=O)Cc1ccc(OC)cc1OCc1c(C)oc2ccc(B3OC(C)(C)C(C)(C)O3)cc12. The van der Waals surface area contributed by atoms with Crippen molar-refractivity contribution in [1.82, 2.24) is 0 Å². The fourth-order valence-electron chi connectivity index (χ4n) is 4.05. The normalized spacial score (nSPS) is 16.5. The van der Waals surface area contributed by atoms with Crippen LogP contribution < -0.4 is 14.9 Å². The van der Waals surface area contributed by atoms with Crippen LogP contribution in [0.15, 0.2) is 40.8 Å². The van der Waals surface area contributed by atoms with Crippen molar-refractivity contribution in [3.8, 4) is 11.5 Å². The van der Waals surface area contributed by atoms with Gasteiger partial charge in [-0.2, -0.15) is 0 Å². The fraction of sp³-hybridized carbons (Fsp3) is 0.444. The third kappa shape index (κ3) is 5.04. The van der Waals surface area contributed by atoms with Crippen molar-refractivity contribution in [2.45, 2.75) is 65.8 Å². The molecule has 2 heterocycles. The van der Waals surface area contributed by atoms with Crippen molar-refractivity contribution in [1.29, 1.82) is 0 Å². The highest BCUT2D eigenvalue weighted by Gasteiger charge is 2.51. The molecule has 35 heavy (non-hydrogen) atoms. The van der Waals surface area contributed by atoms with Crippen LogP contribution >= 0.6 is 0 Å². The average Bonchev–Trinajstić information content (AvgIpc) is 3.23. The molecule has 0 radical (unpaired) electrons. The minimum absolute atomic E-state index is 0.115. The third-order valence-electron chi connectivity index (χ3n) is 6.83. The first kappa shape index (κ1) is 25.1. The lowest BCUT2D eigenvalue weighted by Gasteiger charge is -2.32. The van der Waals surface area contributed by atoms with E-state index in [4.69, 9.17) is 27.9 Å². The van der Waals surface area contributed by atoms with Crippen LogP contribution in [0.2, 0.25) is 0 Å². The first-order valence-corrected chi connectivity index (χ1v) is 11.9. The van der Waals surface area contributed by atoms with E-state index in [0.29, 0.717) is 18.1 Å². The van der Waals surface area contributed by atoms with Crippen LogP contribution in [0.1, 0.15) is 51.5 Å². The zero-order chi connectivity index (χ0) is 25.4. The number of carbonyl (C=O) groups is 1. The molecule has 1 aliphatic heterocycles. The molecule has 8 heteroatoms. The molecule has 1 fully saturated rings. The van der Waals surface area contributed by atoms with E-state index in [1.54, 1.807) is 26.2 Å². The maximum atomic E-state index is 12.1. The van der Waals surface area contributed by atoms with Crippen molar-refractivity contribution in [3.05, 3.63) is 53.3 Å². The van der Waals surface area contributed by atoms with Gasteiger partial charge in [-0.1, -0.05) is 18.2 Å². The van der Waals surface area contributed by atoms with Crippen LogP contribution in [-0.4, -0.2) is 38.0 Å². The molecule has 7 nitrogen and oxygen atoms in total. The summed E-state index contributed by atoms with van der Waals surface area (Å²) >= 11 is 0. The Morgan fingerprint density at radius 3 is 2.40 bits per heavy atom. The zero-order valence-corrected chi connectivity index (χ0v) is 21.5. The minimum Gasteiger partial charge on any atom is -0.497 e. The maximum Gasteiger partial charge on any atom is 0.494 e. The summed E-state index contributed by atoms with van der Waals surface area (Å²) < 4.78 is 35.1. The Hall–Kier alpha value is -2.97. The lowest BCUT2D eigenvalue weighted by atomic mass is 9.78. The first-order valence-electron chi connectivity index (χ1n) is 11.9. The van der Waals surface area contributed by atoms with Crippen LogP contribution in [0.25, 0.3) is 11.0 Å². The Kier molecular flexibility index (Phi) is 6.89. The van der Waals surface area contributed by atoms with Gasteiger partial charge in [0.25, 0.3) is 0 Å². The monoisotopic (exact) mass is 480 g/mol. The highest BCUT2D eigenvalue weighted by atomic mass is 16.7. The van der Waals surface area contributed by atoms with Gasteiger partial charge in [-0.25, -0.2) is 0 Å². The number of ether oxygens (including phenoxy) is 3. The Balaban J connectivity index is 1.61. The Morgan fingerprint density at radius 1 is 1.03 bits per heavy atom. The summed E-state index contributed by atoms with van der Waals surface area (Å²) in [5.74, 6) is 1.66. The summed E-state index contributed by atoms with van der Waals surface area (Å²) in [4.78, 5) is 12.1. The van der Waals surface area contributed by atoms with Crippen molar-refractivity contribution in [3.63, 3.8) is 0 Å². The van der Waals surface area contributed by atoms with Crippen LogP contribution in [0.5, 0.6) is 11.5 Å². The van der Waals surface area contributed by atoms with E-state index in [-0.39, 0.29) is 19.0 Å². The summed E-state index contributed by atoms with van der Waals surface area (Å²) in [5.41, 5.74) is 2.48. The molecular weight excluding hydrogens is 447 g/mol. The largest absolute Gasteiger partial charge is 0.497 e. The number of aryl methyl sites for hydroxylation is 1. The molecule has 2 aromatic carbocycles. The second-order valence-electron chi connectivity index (χ2n) is 9.72. The molecule has 0 spiro atoms. The summed E-state index contributed by atoms with van der Waals surface area (Å²) in [6.45, 7) is 12.4. The van der Waals surface area contributed by atoms with Crippen LogP contribution in [0.4, 0.5) is 0 Å². The molecule has 1 saturated heterocycles. The number of furan rings is 1. The fourth-order valence-corrected chi connectivity index (χ4v) is 4.05. The summed E-state index contributed by atoms with van der Waals surface area (Å²) in [6.07, 6.45) is 0.115. The number of carbonyl (C=O) groups excluding carboxylic acids is 1. The van der Waals surface area contributed by atoms with Gasteiger partial charge in [0.2, 0.25) is 0 Å². The number of methoxy groups -OCH3 is 1. The molecule has 0 unspecified atom stereocenters. The molecule has 0 atom stereocenters. The lowest BCUT2D eigenvalue weighted by Crippen LogP contribution is -2.41. The molecule has 0 amide bonds. The van der Waals surface area contributed by atoms with E-state index >= 15 is 0 Å². The maximum absolute atomic E-state index is 12.1. The predicted molar refractivity (Wildman–Crippen MR) is 134 cm³/mol. The quantitative estimate of drug-likeness (QED) is 0.341. The van der Waals surface area contributed by atoms with Crippen molar-refractivity contribution in [2.75, 3.05) is 13.7 Å². The Morgan fingerprint density at radius 2 is 1.74 bits per heavy atom. The van der Waals surface area contributed by atoms with Crippen LogP contribution in [-0.2, 0) is 31.9 Å². The minimum atomic E-state index is -0.470. The predicted octanol–water partition coefficient (Wildman–Crippen LogP) is 4.73. The van der Waals surface area contributed by atoms with Crippen LogP contribution in [0, 0.1) is 6.92 Å². The number of rotatable bonds is 8. The Labute approximate surface area is 206 Å². The van der Waals surface area contributed by atoms with E-state index in [2.05, 4.69) is 0 Å². The molecular formula is C27H33BO7. The molecule has 3 aromatic rings. The van der Waals surface area contributed by atoms with E-state index in [0.717, 1.165) is 33.3 Å². The standard InChI is InChI=1S/C27H33BO7/c1-8-31-25(29)13-18-9-11-20(30-7)15-24(18)32-16-22-17(2)33-23-12-10-19(14-21(22)23)28-34-26(3,4)27(5,6)35-28/h9-12,14-15H,8,13,16H2,1-7H3. The molecule has 1 aliphatic rings. The van der Waals surface area contributed by atoms with Gasteiger partial charge in [0.05, 0.1) is 31.3 Å². The Bertz CT molecular complexity index is 1210. The second kappa shape index (κ2) is 9.59. The number of esters is 1. The van der Waals surface area contributed by atoms with Gasteiger partial charge >= 0.3 is 13.1 Å². The number of benzene rings is 2. The zero-order valence-electron chi connectivity index (χ0n) is 21.5. The number of hydrogen-bond acceptors (Lipinski definition) is 7. The van der Waals surface area contributed by atoms with Gasteiger partial charge in [0.15, 0.2) is 0 Å². The third-order valence-corrected chi connectivity index (χ3v) is 6.83. The molecule has 4 rings (SSSR count). The summed E-state index contributed by atoms with van der Waals surface area (Å²) in [6, 6.07) is 11.3. The topological polar surface area (TPSA) is 76.4 Å². The van der Waals surface area contributed by atoms with Gasteiger partial charge in [-0.3, -0.25) is 4.79 Å². The number of hydrogen-bond donors (Lipinski definition) is 0. The van der Waals surface area contributed by atoms with Gasteiger partial charge in [0, 0.05) is 22.6 Å². The molecule has 1 aromatic heterocycles. The highest BCUT2D eigenvalue weighted by molar-refractivity contribution is 6.62. The highest BCUT2D eigenvalue weighted by Crippen LogP contribution is 2.37. The average molecular weight is 480 g/mol. The van der Waals surface area contributed by atoms with Crippen molar-refractivity contribution >= 4 is 29.5 Å². The van der Waals surface area contributed by atoms with E-state index < -0.39 is 18.3 Å². The van der Waals surface area contributed by atoms with Crippen molar-refractivity contribution < 1.29 is 32.7 Å². The smallest absolute Gasteiger partial charge is 0.494 e.